The summed E-state index contributed by atoms with van der Waals surface area (Å²) in [6.07, 6.45) is -9.93. The Morgan fingerprint density at radius 2 is 1.56 bits per heavy atom. The van der Waals surface area contributed by atoms with Crippen molar-refractivity contribution in [3.63, 3.8) is 0 Å². The van der Waals surface area contributed by atoms with Crippen molar-refractivity contribution in [2.45, 2.75) is 12.4 Å². The van der Waals surface area contributed by atoms with Gasteiger partial charge in [-0.05, 0) is 12.1 Å². The van der Waals surface area contributed by atoms with Gasteiger partial charge in [0.25, 0.3) is 0 Å². The van der Waals surface area contributed by atoms with Gasteiger partial charge in [0.2, 0.25) is 0 Å². The van der Waals surface area contributed by atoms with E-state index in [1.807, 2.05) is 0 Å². The largest absolute Gasteiger partial charge is 0.417 e. The molecule has 0 aliphatic rings. The fourth-order valence-electron chi connectivity index (χ4n) is 1.22. The summed E-state index contributed by atoms with van der Waals surface area (Å²) in [6.45, 7) is 0. The SMILES string of the molecule is NN=Cc1c(F)cc(C(F)(F)F)cc1C(F)(F)F. The molecular weight excluding hydrogens is 269 g/mol. The van der Waals surface area contributed by atoms with Crippen LogP contribution in [0.1, 0.15) is 16.7 Å². The van der Waals surface area contributed by atoms with Crippen LogP contribution in [0.3, 0.4) is 0 Å². The minimum absolute atomic E-state index is 0.0494. The minimum Gasteiger partial charge on any atom is -0.323 e. The Labute approximate surface area is 95.9 Å². The van der Waals surface area contributed by atoms with Crippen LogP contribution in [0.2, 0.25) is 0 Å². The van der Waals surface area contributed by atoms with Gasteiger partial charge in [-0.25, -0.2) is 4.39 Å². The van der Waals surface area contributed by atoms with E-state index in [4.69, 9.17) is 0 Å². The summed E-state index contributed by atoms with van der Waals surface area (Å²) < 4.78 is 87.4. The zero-order valence-corrected chi connectivity index (χ0v) is 8.40. The van der Waals surface area contributed by atoms with E-state index in [0.29, 0.717) is 6.21 Å². The normalized spacial score (nSPS) is 13.3. The molecule has 0 aliphatic heterocycles. The number of hydrogen-bond donors (Lipinski definition) is 1. The second-order valence-corrected chi connectivity index (χ2v) is 3.19. The highest BCUT2D eigenvalue weighted by atomic mass is 19.4. The summed E-state index contributed by atoms with van der Waals surface area (Å²) in [5.41, 5.74) is -4.66. The molecule has 18 heavy (non-hydrogen) atoms. The van der Waals surface area contributed by atoms with Crippen molar-refractivity contribution in [3.05, 3.63) is 34.6 Å². The van der Waals surface area contributed by atoms with Gasteiger partial charge in [-0.2, -0.15) is 31.4 Å². The number of alkyl halides is 6. The highest BCUT2D eigenvalue weighted by molar-refractivity contribution is 5.82. The van der Waals surface area contributed by atoms with Gasteiger partial charge >= 0.3 is 12.4 Å². The Morgan fingerprint density at radius 1 is 1.00 bits per heavy atom. The molecule has 0 saturated heterocycles. The second-order valence-electron chi connectivity index (χ2n) is 3.19. The lowest BCUT2D eigenvalue weighted by atomic mass is 10.0. The van der Waals surface area contributed by atoms with E-state index in [1.54, 1.807) is 0 Å². The third kappa shape index (κ3) is 2.90. The zero-order valence-electron chi connectivity index (χ0n) is 8.40. The molecule has 0 atom stereocenters. The quantitative estimate of drug-likeness (QED) is 0.363. The first-order valence-corrected chi connectivity index (χ1v) is 4.28. The predicted octanol–water partition coefficient (Wildman–Crippen LogP) is 3.16. The van der Waals surface area contributed by atoms with E-state index >= 15 is 0 Å². The van der Waals surface area contributed by atoms with Crippen LogP contribution >= 0.6 is 0 Å². The van der Waals surface area contributed by atoms with Gasteiger partial charge in [0.05, 0.1) is 17.3 Å². The minimum atomic E-state index is -5.15. The van der Waals surface area contributed by atoms with E-state index in [9.17, 15) is 30.7 Å². The van der Waals surface area contributed by atoms with Crippen molar-refractivity contribution in [1.82, 2.24) is 0 Å². The average Bonchev–Trinajstić information content (AvgIpc) is 2.17. The van der Waals surface area contributed by atoms with Crippen LogP contribution in [-0.2, 0) is 12.4 Å². The molecule has 9 heteroatoms. The molecule has 1 aromatic rings. The number of hydrogen-bond acceptors (Lipinski definition) is 2. The fraction of sp³-hybridized carbons (Fsp3) is 0.222. The number of nitrogens with two attached hydrogens (primary N) is 1. The molecular formula is C9H5F7N2. The van der Waals surface area contributed by atoms with Crippen LogP contribution in [0.5, 0.6) is 0 Å². The highest BCUT2D eigenvalue weighted by Crippen LogP contribution is 2.37. The van der Waals surface area contributed by atoms with Gasteiger partial charge in [0, 0.05) is 5.56 Å². The lowest BCUT2D eigenvalue weighted by Crippen LogP contribution is -2.15. The number of hydrazone groups is 1. The van der Waals surface area contributed by atoms with Crippen molar-refractivity contribution in [3.8, 4) is 0 Å². The third-order valence-electron chi connectivity index (χ3n) is 1.97. The first kappa shape index (κ1) is 14.3. The average molecular weight is 274 g/mol. The molecule has 0 fully saturated rings. The Kier molecular flexibility index (Phi) is 3.54. The fourth-order valence-corrected chi connectivity index (χ4v) is 1.22. The lowest BCUT2D eigenvalue weighted by Gasteiger charge is -2.14. The Hall–Kier alpha value is -1.80. The van der Waals surface area contributed by atoms with Crippen LogP contribution < -0.4 is 5.84 Å². The summed E-state index contributed by atoms with van der Waals surface area (Å²) in [5, 5.41) is 2.69. The summed E-state index contributed by atoms with van der Waals surface area (Å²) in [7, 11) is 0. The van der Waals surface area contributed by atoms with Crippen molar-refractivity contribution in [1.29, 1.82) is 0 Å². The Morgan fingerprint density at radius 3 is 1.94 bits per heavy atom. The van der Waals surface area contributed by atoms with Crippen molar-refractivity contribution >= 4 is 6.21 Å². The zero-order chi connectivity index (χ0) is 14.1. The molecule has 2 N–H and O–H groups in total. The summed E-state index contributed by atoms with van der Waals surface area (Å²) in [4.78, 5) is 0. The molecule has 2 nitrogen and oxygen atoms in total. The van der Waals surface area contributed by atoms with Crippen LogP contribution in [-0.4, -0.2) is 6.21 Å². The van der Waals surface area contributed by atoms with Crippen molar-refractivity contribution in [2.75, 3.05) is 0 Å². The van der Waals surface area contributed by atoms with Crippen LogP contribution in [0.25, 0.3) is 0 Å². The molecule has 1 aromatic carbocycles. The van der Waals surface area contributed by atoms with E-state index in [1.165, 1.54) is 0 Å². The van der Waals surface area contributed by atoms with E-state index in [2.05, 4.69) is 10.9 Å². The topological polar surface area (TPSA) is 38.4 Å². The number of halogens is 7. The summed E-state index contributed by atoms with van der Waals surface area (Å²) in [5.74, 6) is 2.88. The maximum absolute atomic E-state index is 13.2. The van der Waals surface area contributed by atoms with Gasteiger partial charge in [-0.1, -0.05) is 0 Å². The monoisotopic (exact) mass is 274 g/mol. The molecule has 1 rings (SSSR count). The Balaban J connectivity index is 3.58. The highest BCUT2D eigenvalue weighted by Gasteiger charge is 2.39. The van der Waals surface area contributed by atoms with Gasteiger partial charge in [-0.15, -0.1) is 0 Å². The first-order valence-electron chi connectivity index (χ1n) is 4.28. The maximum atomic E-state index is 13.2. The van der Waals surface area contributed by atoms with Gasteiger partial charge in [-0.3, -0.25) is 0 Å². The summed E-state index contributed by atoms with van der Waals surface area (Å²) in [6, 6.07) is -0.244. The summed E-state index contributed by atoms with van der Waals surface area (Å²) >= 11 is 0. The number of rotatable bonds is 1. The van der Waals surface area contributed by atoms with Gasteiger partial charge in [0.15, 0.2) is 0 Å². The molecule has 0 spiro atoms. The van der Waals surface area contributed by atoms with E-state index in [-0.39, 0.29) is 12.1 Å². The molecule has 0 radical (unpaired) electrons. The van der Waals surface area contributed by atoms with Gasteiger partial charge in [0.1, 0.15) is 5.82 Å². The predicted molar refractivity (Wildman–Crippen MR) is 48.2 cm³/mol. The Bertz CT molecular complexity index is 473. The van der Waals surface area contributed by atoms with Crippen molar-refractivity contribution in [2.24, 2.45) is 10.9 Å². The standard InChI is InChI=1S/C9H5F7N2/c10-7-2-4(8(11,12)13)1-6(9(14,15)16)5(7)3-18-17/h1-3H,17H2. The van der Waals surface area contributed by atoms with E-state index < -0.39 is 34.9 Å². The number of nitrogens with zero attached hydrogens (tertiary/aromatic N) is 1. The van der Waals surface area contributed by atoms with Crippen LogP contribution in [0, 0.1) is 5.82 Å². The smallest absolute Gasteiger partial charge is 0.323 e. The molecule has 0 aliphatic carbocycles. The number of benzene rings is 1. The van der Waals surface area contributed by atoms with Crippen LogP contribution in [0.4, 0.5) is 30.7 Å². The molecule has 0 unspecified atom stereocenters. The lowest BCUT2D eigenvalue weighted by molar-refractivity contribution is -0.143. The molecule has 0 heterocycles. The van der Waals surface area contributed by atoms with Crippen LogP contribution in [0.15, 0.2) is 17.2 Å². The second kappa shape index (κ2) is 4.46. The molecule has 0 aromatic heterocycles. The van der Waals surface area contributed by atoms with E-state index in [0.717, 1.165) is 0 Å². The molecule has 0 saturated carbocycles. The molecule has 100 valence electrons. The third-order valence-corrected chi connectivity index (χ3v) is 1.97. The van der Waals surface area contributed by atoms with Crippen molar-refractivity contribution < 1.29 is 30.7 Å². The molecule has 0 amide bonds. The van der Waals surface area contributed by atoms with Gasteiger partial charge < -0.3 is 5.84 Å². The molecule has 0 bridgehead atoms. The maximum Gasteiger partial charge on any atom is 0.417 e. The first-order chi connectivity index (χ1) is 8.07.